The first-order valence-electron chi connectivity index (χ1n) is 6.53. The molecule has 0 aliphatic heterocycles. The predicted molar refractivity (Wildman–Crippen MR) is 79.7 cm³/mol. The van der Waals surface area contributed by atoms with Gasteiger partial charge in [-0.3, -0.25) is 0 Å². The Morgan fingerprint density at radius 1 is 1.00 bits per heavy atom. The molecule has 0 fully saturated rings. The summed E-state index contributed by atoms with van der Waals surface area (Å²) in [5.74, 6) is 0.411. The van der Waals surface area contributed by atoms with Crippen LogP contribution in [0.25, 0.3) is 5.57 Å². The van der Waals surface area contributed by atoms with Crippen LogP contribution in [0.1, 0.15) is 36.0 Å². The molecule has 0 heteroatoms. The zero-order valence-corrected chi connectivity index (χ0v) is 11.2. The normalized spacial score (nSPS) is 12.1. The maximum absolute atomic E-state index is 4.30. The van der Waals surface area contributed by atoms with Gasteiger partial charge in [-0.15, -0.1) is 0 Å². The van der Waals surface area contributed by atoms with E-state index in [1.807, 2.05) is 0 Å². The second-order valence-corrected chi connectivity index (χ2v) is 4.76. The Kier molecular flexibility index (Phi) is 3.99. The van der Waals surface area contributed by atoms with E-state index in [9.17, 15) is 0 Å². The summed E-state index contributed by atoms with van der Waals surface area (Å²) >= 11 is 0. The Balaban J connectivity index is 2.28. The molecule has 92 valence electrons. The fourth-order valence-corrected chi connectivity index (χ4v) is 2.34. The lowest BCUT2D eigenvalue weighted by Crippen LogP contribution is -2.00. The molecule has 0 amide bonds. The molecule has 0 aliphatic carbocycles. The molecule has 1 unspecified atom stereocenters. The maximum Gasteiger partial charge on any atom is 0.00867 e. The van der Waals surface area contributed by atoms with E-state index in [-0.39, 0.29) is 0 Å². The standard InChI is InChI=1S/C18H20/c1-4-18(17-8-6-5-7-9-17)15(3)16-12-10-14(2)11-13-16/h5-13,18H,3-4H2,1-2H3. The third-order valence-electron chi connectivity index (χ3n) is 3.45. The van der Waals surface area contributed by atoms with E-state index in [1.54, 1.807) is 0 Å². The molecule has 0 bridgehead atoms. The summed E-state index contributed by atoms with van der Waals surface area (Å²) in [7, 11) is 0. The molecule has 0 aliphatic rings. The number of rotatable bonds is 4. The average molecular weight is 236 g/mol. The second-order valence-electron chi connectivity index (χ2n) is 4.76. The summed E-state index contributed by atoms with van der Waals surface area (Å²) < 4.78 is 0. The molecule has 0 spiro atoms. The highest BCUT2D eigenvalue weighted by Crippen LogP contribution is 2.33. The Morgan fingerprint density at radius 2 is 1.61 bits per heavy atom. The van der Waals surface area contributed by atoms with Crippen molar-refractivity contribution < 1.29 is 0 Å². The molecule has 18 heavy (non-hydrogen) atoms. The Morgan fingerprint density at radius 3 is 2.17 bits per heavy atom. The first kappa shape index (κ1) is 12.6. The number of benzene rings is 2. The summed E-state index contributed by atoms with van der Waals surface area (Å²) in [5, 5.41) is 0. The van der Waals surface area contributed by atoms with Crippen LogP contribution in [0.5, 0.6) is 0 Å². The van der Waals surface area contributed by atoms with Crippen LogP contribution in [-0.4, -0.2) is 0 Å². The number of allylic oxidation sites excluding steroid dienone is 1. The molecular formula is C18H20. The van der Waals surface area contributed by atoms with Crippen molar-refractivity contribution in [2.24, 2.45) is 0 Å². The molecule has 2 aromatic rings. The van der Waals surface area contributed by atoms with Crippen LogP contribution in [-0.2, 0) is 0 Å². The van der Waals surface area contributed by atoms with Crippen LogP contribution >= 0.6 is 0 Å². The van der Waals surface area contributed by atoms with Crippen molar-refractivity contribution in [2.75, 3.05) is 0 Å². The summed E-state index contributed by atoms with van der Waals surface area (Å²) in [6.45, 7) is 8.63. The molecule has 2 aromatic carbocycles. The molecule has 0 heterocycles. The van der Waals surface area contributed by atoms with Crippen molar-refractivity contribution in [1.29, 1.82) is 0 Å². The Hall–Kier alpha value is -1.82. The smallest absolute Gasteiger partial charge is 0.00867 e. The van der Waals surface area contributed by atoms with Gasteiger partial charge in [0.1, 0.15) is 0 Å². The minimum absolute atomic E-state index is 0.411. The van der Waals surface area contributed by atoms with Crippen LogP contribution in [0.4, 0.5) is 0 Å². The van der Waals surface area contributed by atoms with Gasteiger partial charge < -0.3 is 0 Å². The Bertz CT molecular complexity index is 505. The minimum atomic E-state index is 0.411. The van der Waals surface area contributed by atoms with Gasteiger partial charge in [0.25, 0.3) is 0 Å². The quantitative estimate of drug-likeness (QED) is 0.684. The van der Waals surface area contributed by atoms with Crippen molar-refractivity contribution in [3.63, 3.8) is 0 Å². The third-order valence-corrected chi connectivity index (χ3v) is 3.45. The summed E-state index contributed by atoms with van der Waals surface area (Å²) in [5.41, 5.74) is 5.10. The predicted octanol–water partition coefficient (Wildman–Crippen LogP) is 5.20. The van der Waals surface area contributed by atoms with Gasteiger partial charge in [-0.25, -0.2) is 0 Å². The van der Waals surface area contributed by atoms with Crippen molar-refractivity contribution >= 4 is 5.57 Å². The average Bonchev–Trinajstić information content (AvgIpc) is 2.41. The molecule has 2 rings (SSSR count). The van der Waals surface area contributed by atoms with Crippen LogP contribution in [0.3, 0.4) is 0 Å². The van der Waals surface area contributed by atoms with Crippen LogP contribution < -0.4 is 0 Å². The zero-order chi connectivity index (χ0) is 13.0. The Labute approximate surface area is 110 Å². The van der Waals surface area contributed by atoms with Gasteiger partial charge in [0.2, 0.25) is 0 Å². The molecule has 0 nitrogen and oxygen atoms in total. The fourth-order valence-electron chi connectivity index (χ4n) is 2.34. The lowest BCUT2D eigenvalue weighted by atomic mass is 9.86. The summed E-state index contributed by atoms with van der Waals surface area (Å²) in [6.07, 6.45) is 1.08. The SMILES string of the molecule is C=C(c1ccc(C)cc1)C(CC)c1ccccc1. The third kappa shape index (κ3) is 2.70. The molecule has 0 radical (unpaired) electrons. The van der Waals surface area contributed by atoms with Gasteiger partial charge in [0.15, 0.2) is 0 Å². The summed E-state index contributed by atoms with van der Waals surface area (Å²) in [4.78, 5) is 0. The van der Waals surface area contributed by atoms with E-state index in [0.717, 1.165) is 6.42 Å². The van der Waals surface area contributed by atoms with Crippen LogP contribution in [0.2, 0.25) is 0 Å². The van der Waals surface area contributed by atoms with Gasteiger partial charge in [-0.2, -0.15) is 0 Å². The lowest BCUT2D eigenvalue weighted by Gasteiger charge is -2.19. The van der Waals surface area contributed by atoms with Gasteiger partial charge in [0, 0.05) is 5.92 Å². The molecule has 0 saturated heterocycles. The van der Waals surface area contributed by atoms with E-state index in [2.05, 4.69) is 75.0 Å². The maximum atomic E-state index is 4.30. The van der Waals surface area contributed by atoms with Crippen molar-refractivity contribution in [3.05, 3.63) is 77.9 Å². The first-order chi connectivity index (χ1) is 8.72. The zero-order valence-electron chi connectivity index (χ0n) is 11.2. The van der Waals surface area contributed by atoms with E-state index in [4.69, 9.17) is 0 Å². The minimum Gasteiger partial charge on any atom is -0.0946 e. The lowest BCUT2D eigenvalue weighted by molar-refractivity contribution is 0.824. The van der Waals surface area contributed by atoms with Gasteiger partial charge in [0.05, 0.1) is 0 Å². The number of aryl methyl sites for hydroxylation is 1. The van der Waals surface area contributed by atoms with Gasteiger partial charge in [-0.1, -0.05) is 73.7 Å². The van der Waals surface area contributed by atoms with E-state index < -0.39 is 0 Å². The van der Waals surface area contributed by atoms with Crippen LogP contribution in [0.15, 0.2) is 61.2 Å². The summed E-state index contributed by atoms with van der Waals surface area (Å²) in [6, 6.07) is 19.3. The van der Waals surface area contributed by atoms with E-state index in [0.29, 0.717) is 5.92 Å². The van der Waals surface area contributed by atoms with E-state index in [1.165, 1.54) is 22.3 Å². The van der Waals surface area contributed by atoms with E-state index >= 15 is 0 Å². The molecule has 1 atom stereocenters. The highest BCUT2D eigenvalue weighted by Gasteiger charge is 2.14. The first-order valence-corrected chi connectivity index (χ1v) is 6.53. The topological polar surface area (TPSA) is 0 Å². The number of hydrogen-bond acceptors (Lipinski definition) is 0. The molecule has 0 N–H and O–H groups in total. The van der Waals surface area contributed by atoms with Gasteiger partial charge in [-0.05, 0) is 30.0 Å². The molecule has 0 aromatic heterocycles. The largest absolute Gasteiger partial charge is 0.0946 e. The molecule has 0 saturated carbocycles. The highest BCUT2D eigenvalue weighted by molar-refractivity contribution is 5.69. The highest BCUT2D eigenvalue weighted by atomic mass is 14.2. The van der Waals surface area contributed by atoms with Crippen molar-refractivity contribution in [3.8, 4) is 0 Å². The van der Waals surface area contributed by atoms with Gasteiger partial charge >= 0.3 is 0 Å². The fraction of sp³-hybridized carbons (Fsp3) is 0.222. The van der Waals surface area contributed by atoms with Crippen molar-refractivity contribution in [1.82, 2.24) is 0 Å². The number of hydrogen-bond donors (Lipinski definition) is 0. The van der Waals surface area contributed by atoms with Crippen LogP contribution in [0, 0.1) is 6.92 Å². The molecular weight excluding hydrogens is 216 g/mol. The monoisotopic (exact) mass is 236 g/mol. The second kappa shape index (κ2) is 5.68. The van der Waals surface area contributed by atoms with Crippen molar-refractivity contribution in [2.45, 2.75) is 26.2 Å².